The number of rotatable bonds is 7. The highest BCUT2D eigenvalue weighted by Gasteiger charge is 2.30. The van der Waals surface area contributed by atoms with Crippen molar-refractivity contribution in [3.63, 3.8) is 0 Å². The van der Waals surface area contributed by atoms with Crippen molar-refractivity contribution in [1.82, 2.24) is 15.1 Å². The van der Waals surface area contributed by atoms with Gasteiger partial charge in [-0.25, -0.2) is 4.39 Å². The Bertz CT molecular complexity index is 704. The molecule has 2 amide bonds. The number of hydrogen-bond acceptors (Lipinski definition) is 4. The van der Waals surface area contributed by atoms with Crippen LogP contribution in [0.1, 0.15) is 32.3 Å². The maximum absolute atomic E-state index is 13.1. The third kappa shape index (κ3) is 6.25. The first-order chi connectivity index (χ1) is 14.4. The Balaban J connectivity index is 1.50. The summed E-state index contributed by atoms with van der Waals surface area (Å²) in [5.74, 6) is -0.0182. The highest BCUT2D eigenvalue weighted by atomic mass is 19.1. The third-order valence-corrected chi connectivity index (χ3v) is 6.18. The van der Waals surface area contributed by atoms with Crippen LogP contribution in [-0.2, 0) is 20.7 Å². The Morgan fingerprint density at radius 3 is 2.53 bits per heavy atom. The zero-order valence-corrected chi connectivity index (χ0v) is 18.1. The fourth-order valence-electron chi connectivity index (χ4n) is 4.35. The van der Waals surface area contributed by atoms with Gasteiger partial charge in [-0.15, -0.1) is 0 Å². The van der Waals surface area contributed by atoms with E-state index in [1.807, 2.05) is 0 Å². The summed E-state index contributed by atoms with van der Waals surface area (Å²) >= 11 is 0. The van der Waals surface area contributed by atoms with Crippen LogP contribution < -0.4 is 5.32 Å². The summed E-state index contributed by atoms with van der Waals surface area (Å²) in [6.45, 7) is 9.39. The normalized spacial score (nSPS) is 21.5. The van der Waals surface area contributed by atoms with E-state index in [9.17, 15) is 14.0 Å². The summed E-state index contributed by atoms with van der Waals surface area (Å²) in [5.41, 5.74) is 0.790. The Labute approximate surface area is 178 Å². The number of morpholine rings is 1. The summed E-state index contributed by atoms with van der Waals surface area (Å²) in [7, 11) is 0. The summed E-state index contributed by atoms with van der Waals surface area (Å²) in [6, 6.07) is 6.30. The molecule has 2 aliphatic rings. The van der Waals surface area contributed by atoms with Crippen molar-refractivity contribution in [3.05, 3.63) is 35.6 Å². The van der Waals surface area contributed by atoms with Crippen molar-refractivity contribution in [3.8, 4) is 0 Å². The summed E-state index contributed by atoms with van der Waals surface area (Å²) in [6.07, 6.45) is 1.86. The number of halogens is 1. The van der Waals surface area contributed by atoms with E-state index in [4.69, 9.17) is 4.74 Å². The summed E-state index contributed by atoms with van der Waals surface area (Å²) in [5, 5.41) is 3.15. The second-order valence-corrected chi connectivity index (χ2v) is 8.69. The average molecular weight is 420 g/mol. The molecular formula is C23H34FN3O3. The monoisotopic (exact) mass is 419 g/mol. The first kappa shape index (κ1) is 22.7. The van der Waals surface area contributed by atoms with Gasteiger partial charge in [0.05, 0.1) is 25.6 Å². The molecule has 2 saturated heterocycles. The zero-order chi connectivity index (χ0) is 21.5. The Morgan fingerprint density at radius 2 is 1.87 bits per heavy atom. The van der Waals surface area contributed by atoms with Crippen LogP contribution in [0.4, 0.5) is 4.39 Å². The SMILES string of the molecule is CC(C)[C@@H](CNC(=O)[C@@H]1CCCN(C(=O)Cc2ccc(F)cc2)C1)N1CCOCC1. The highest BCUT2D eigenvalue weighted by molar-refractivity contribution is 5.82. The second-order valence-electron chi connectivity index (χ2n) is 8.69. The van der Waals surface area contributed by atoms with E-state index in [-0.39, 0.29) is 36.0 Å². The van der Waals surface area contributed by atoms with Crippen LogP contribution in [0.5, 0.6) is 0 Å². The summed E-state index contributed by atoms with van der Waals surface area (Å²) in [4.78, 5) is 29.7. The number of hydrogen-bond donors (Lipinski definition) is 1. The second kappa shape index (κ2) is 10.9. The molecule has 30 heavy (non-hydrogen) atoms. The van der Waals surface area contributed by atoms with Crippen LogP contribution in [-0.4, -0.2) is 73.6 Å². The quantitative estimate of drug-likeness (QED) is 0.735. The van der Waals surface area contributed by atoms with Gasteiger partial charge in [-0.2, -0.15) is 0 Å². The summed E-state index contributed by atoms with van der Waals surface area (Å²) < 4.78 is 18.5. The molecular weight excluding hydrogens is 385 g/mol. The van der Waals surface area contributed by atoms with Gasteiger partial charge in [-0.3, -0.25) is 14.5 Å². The van der Waals surface area contributed by atoms with Gasteiger partial charge < -0.3 is 15.0 Å². The van der Waals surface area contributed by atoms with Crippen LogP contribution in [0.25, 0.3) is 0 Å². The fourth-order valence-corrected chi connectivity index (χ4v) is 4.35. The lowest BCUT2D eigenvalue weighted by atomic mass is 9.95. The number of piperidine rings is 1. The molecule has 2 fully saturated rings. The Morgan fingerprint density at radius 1 is 1.17 bits per heavy atom. The minimum absolute atomic E-state index is 0.00696. The standard InChI is InChI=1S/C23H34FN3O3/c1-17(2)21(26-10-12-30-13-11-26)15-25-23(29)19-4-3-9-27(16-19)22(28)14-18-5-7-20(24)8-6-18/h5-8,17,19,21H,3-4,9-16H2,1-2H3,(H,25,29)/t19-,21-/m1/s1. The van der Waals surface area contributed by atoms with Gasteiger partial charge in [-0.05, 0) is 36.5 Å². The highest BCUT2D eigenvalue weighted by Crippen LogP contribution is 2.19. The Kier molecular flexibility index (Phi) is 8.22. The molecule has 3 rings (SSSR count). The first-order valence-corrected chi connectivity index (χ1v) is 11.1. The average Bonchev–Trinajstić information content (AvgIpc) is 2.76. The molecule has 166 valence electrons. The van der Waals surface area contributed by atoms with Crippen molar-refractivity contribution in [1.29, 1.82) is 0 Å². The van der Waals surface area contributed by atoms with Gasteiger partial charge in [0.15, 0.2) is 0 Å². The van der Waals surface area contributed by atoms with Crippen LogP contribution in [0.3, 0.4) is 0 Å². The number of carbonyl (C=O) groups excluding carboxylic acids is 2. The van der Waals surface area contributed by atoms with E-state index in [1.165, 1.54) is 12.1 Å². The lowest BCUT2D eigenvalue weighted by Gasteiger charge is -2.37. The molecule has 0 aliphatic carbocycles. The van der Waals surface area contributed by atoms with E-state index >= 15 is 0 Å². The van der Waals surface area contributed by atoms with Crippen molar-refractivity contribution >= 4 is 11.8 Å². The Hall–Kier alpha value is -1.99. The van der Waals surface area contributed by atoms with Crippen LogP contribution in [0.2, 0.25) is 0 Å². The maximum Gasteiger partial charge on any atom is 0.227 e. The topological polar surface area (TPSA) is 61.9 Å². The maximum atomic E-state index is 13.1. The van der Waals surface area contributed by atoms with E-state index in [1.54, 1.807) is 17.0 Å². The number of nitrogens with zero attached hydrogens (tertiary/aromatic N) is 2. The molecule has 2 heterocycles. The van der Waals surface area contributed by atoms with Crippen molar-refractivity contribution in [2.24, 2.45) is 11.8 Å². The molecule has 1 aromatic rings. The predicted molar refractivity (Wildman–Crippen MR) is 113 cm³/mol. The molecule has 2 aliphatic heterocycles. The lowest BCUT2D eigenvalue weighted by molar-refractivity contribution is -0.135. The van der Waals surface area contributed by atoms with Gasteiger partial charge >= 0.3 is 0 Å². The molecule has 0 saturated carbocycles. The molecule has 0 aromatic heterocycles. The molecule has 2 atom stereocenters. The van der Waals surface area contributed by atoms with Gasteiger partial charge in [0.25, 0.3) is 0 Å². The van der Waals surface area contributed by atoms with E-state index in [0.29, 0.717) is 25.6 Å². The zero-order valence-electron chi connectivity index (χ0n) is 18.1. The largest absolute Gasteiger partial charge is 0.379 e. The first-order valence-electron chi connectivity index (χ1n) is 11.1. The van der Waals surface area contributed by atoms with E-state index < -0.39 is 0 Å². The number of ether oxygens (including phenoxy) is 1. The van der Waals surface area contributed by atoms with Crippen molar-refractivity contribution < 1.29 is 18.7 Å². The molecule has 1 aromatic carbocycles. The number of nitrogens with one attached hydrogen (secondary N) is 1. The van der Waals surface area contributed by atoms with Gasteiger partial charge in [-0.1, -0.05) is 26.0 Å². The molecule has 0 unspecified atom stereocenters. The van der Waals surface area contributed by atoms with Crippen molar-refractivity contribution in [2.45, 2.75) is 39.2 Å². The fraction of sp³-hybridized carbons (Fsp3) is 0.652. The van der Waals surface area contributed by atoms with Gasteiger partial charge in [0, 0.05) is 38.8 Å². The van der Waals surface area contributed by atoms with Crippen molar-refractivity contribution in [2.75, 3.05) is 45.9 Å². The molecule has 6 nitrogen and oxygen atoms in total. The minimum Gasteiger partial charge on any atom is -0.379 e. The van der Waals surface area contributed by atoms with E-state index in [0.717, 1.165) is 44.7 Å². The smallest absolute Gasteiger partial charge is 0.227 e. The number of benzene rings is 1. The molecule has 7 heteroatoms. The van der Waals surface area contributed by atoms with Gasteiger partial charge in [0.1, 0.15) is 5.82 Å². The van der Waals surface area contributed by atoms with Crippen LogP contribution in [0.15, 0.2) is 24.3 Å². The minimum atomic E-state index is -0.308. The van der Waals surface area contributed by atoms with Crippen LogP contribution in [0, 0.1) is 17.7 Å². The third-order valence-electron chi connectivity index (χ3n) is 6.18. The number of amides is 2. The molecule has 0 radical (unpaired) electrons. The molecule has 0 spiro atoms. The lowest BCUT2D eigenvalue weighted by Crippen LogP contribution is -2.53. The van der Waals surface area contributed by atoms with Gasteiger partial charge in [0.2, 0.25) is 11.8 Å². The van der Waals surface area contributed by atoms with Crippen LogP contribution >= 0.6 is 0 Å². The predicted octanol–water partition coefficient (Wildman–Crippen LogP) is 2.08. The molecule has 0 bridgehead atoms. The van der Waals surface area contributed by atoms with E-state index in [2.05, 4.69) is 24.1 Å². The number of carbonyl (C=O) groups is 2. The number of likely N-dealkylation sites (tertiary alicyclic amines) is 1. The molecule has 1 N–H and O–H groups in total.